The minimum atomic E-state index is 0.108. The van der Waals surface area contributed by atoms with Gasteiger partial charge in [-0.2, -0.15) is 0 Å². The fraction of sp³-hybridized carbons (Fsp3) is 0.368. The van der Waals surface area contributed by atoms with Crippen LogP contribution in [0.25, 0.3) is 0 Å². The van der Waals surface area contributed by atoms with E-state index in [-0.39, 0.29) is 5.41 Å². The number of likely N-dealkylation sites (N-methyl/N-ethyl adjacent to an activating group) is 1. The van der Waals surface area contributed by atoms with Crippen LogP contribution in [0.15, 0.2) is 48.5 Å². The summed E-state index contributed by atoms with van der Waals surface area (Å²) in [5.74, 6) is 1.04. The van der Waals surface area contributed by atoms with Crippen LogP contribution in [0.4, 0.5) is 0 Å². The van der Waals surface area contributed by atoms with Crippen molar-refractivity contribution in [3.05, 3.63) is 65.2 Å². The number of hydrogen-bond donors (Lipinski definition) is 1. The molecule has 1 aliphatic heterocycles. The maximum Gasteiger partial charge on any atom is 0.123 e. The first kappa shape index (κ1) is 14.2. The third kappa shape index (κ3) is 2.81. The van der Waals surface area contributed by atoms with Crippen LogP contribution in [0.2, 0.25) is 0 Å². The summed E-state index contributed by atoms with van der Waals surface area (Å²) in [5, 5.41) is 3.44. The molecule has 1 unspecified atom stereocenters. The molecule has 1 atom stereocenters. The van der Waals surface area contributed by atoms with Crippen LogP contribution in [-0.4, -0.2) is 13.7 Å². The number of hydrogen-bond acceptors (Lipinski definition) is 2. The average Bonchev–Trinajstić information content (AvgIpc) is 2.81. The normalized spacial score (nSPS) is 17.1. The van der Waals surface area contributed by atoms with Gasteiger partial charge in [0.25, 0.3) is 0 Å². The average molecular weight is 281 g/mol. The second-order valence-electron chi connectivity index (χ2n) is 6.46. The summed E-state index contributed by atoms with van der Waals surface area (Å²) in [4.78, 5) is 0. The van der Waals surface area contributed by atoms with Gasteiger partial charge in [0.15, 0.2) is 0 Å². The Labute approximate surface area is 127 Å². The van der Waals surface area contributed by atoms with Crippen molar-refractivity contribution in [3.8, 4) is 5.75 Å². The molecule has 0 spiro atoms. The number of fused-ring (bicyclic) bond motifs is 1. The first-order valence-corrected chi connectivity index (χ1v) is 7.58. The molecule has 2 aromatic carbocycles. The Morgan fingerprint density at radius 1 is 1.14 bits per heavy atom. The molecule has 2 heteroatoms. The zero-order chi connectivity index (χ0) is 14.9. The van der Waals surface area contributed by atoms with Crippen LogP contribution >= 0.6 is 0 Å². The van der Waals surface area contributed by atoms with Gasteiger partial charge in [0.2, 0.25) is 0 Å². The predicted molar refractivity (Wildman–Crippen MR) is 86.9 cm³/mol. The summed E-state index contributed by atoms with van der Waals surface area (Å²) in [6, 6.07) is 17.6. The van der Waals surface area contributed by atoms with Gasteiger partial charge in [-0.15, -0.1) is 0 Å². The maximum atomic E-state index is 5.78. The molecule has 0 saturated carbocycles. The third-order valence-electron chi connectivity index (χ3n) is 4.35. The van der Waals surface area contributed by atoms with Crippen molar-refractivity contribution < 1.29 is 4.74 Å². The molecule has 0 radical (unpaired) electrons. The van der Waals surface area contributed by atoms with Gasteiger partial charge in [0.1, 0.15) is 5.75 Å². The summed E-state index contributed by atoms with van der Waals surface area (Å²) >= 11 is 0. The Morgan fingerprint density at radius 2 is 1.90 bits per heavy atom. The Balaban J connectivity index is 1.88. The maximum absolute atomic E-state index is 5.78. The van der Waals surface area contributed by atoms with Gasteiger partial charge in [-0.05, 0) is 36.7 Å². The number of rotatable bonds is 4. The highest BCUT2D eigenvalue weighted by Gasteiger charge is 2.32. The molecule has 0 aliphatic carbocycles. The Morgan fingerprint density at radius 3 is 2.62 bits per heavy atom. The van der Waals surface area contributed by atoms with E-state index < -0.39 is 0 Å². The first-order valence-electron chi connectivity index (χ1n) is 7.58. The van der Waals surface area contributed by atoms with Crippen molar-refractivity contribution in [1.29, 1.82) is 0 Å². The zero-order valence-electron chi connectivity index (χ0n) is 13.0. The summed E-state index contributed by atoms with van der Waals surface area (Å²) < 4.78 is 5.78. The van der Waals surface area contributed by atoms with E-state index in [1.165, 1.54) is 16.7 Å². The van der Waals surface area contributed by atoms with Gasteiger partial charge in [-0.25, -0.2) is 0 Å². The van der Waals surface area contributed by atoms with Crippen LogP contribution in [0.5, 0.6) is 5.75 Å². The molecule has 0 saturated heterocycles. The number of nitrogens with one attached hydrogen (secondary N) is 1. The largest absolute Gasteiger partial charge is 0.492 e. The van der Waals surface area contributed by atoms with Crippen LogP contribution in [0.3, 0.4) is 0 Å². The zero-order valence-corrected chi connectivity index (χ0v) is 13.0. The van der Waals surface area contributed by atoms with E-state index in [1.807, 2.05) is 7.05 Å². The number of benzene rings is 2. The lowest BCUT2D eigenvalue weighted by atomic mass is 9.85. The molecule has 110 valence electrons. The predicted octanol–water partition coefficient (Wildman–Crippen LogP) is 3.86. The first-order chi connectivity index (χ1) is 10.1. The molecule has 1 heterocycles. The van der Waals surface area contributed by atoms with Crippen LogP contribution in [0.1, 0.15) is 36.6 Å². The van der Waals surface area contributed by atoms with Crippen LogP contribution in [-0.2, 0) is 11.8 Å². The smallest absolute Gasteiger partial charge is 0.123 e. The summed E-state index contributed by atoms with van der Waals surface area (Å²) in [7, 11) is 2.03. The molecule has 1 N–H and O–H groups in total. The molecular formula is C19H23NO. The van der Waals surface area contributed by atoms with Crippen molar-refractivity contribution in [1.82, 2.24) is 5.32 Å². The van der Waals surface area contributed by atoms with E-state index in [0.717, 1.165) is 18.8 Å². The molecule has 2 aromatic rings. The second-order valence-corrected chi connectivity index (χ2v) is 6.46. The number of ether oxygens (including phenoxy) is 1. The van der Waals surface area contributed by atoms with E-state index in [2.05, 4.69) is 67.7 Å². The topological polar surface area (TPSA) is 21.3 Å². The van der Waals surface area contributed by atoms with E-state index >= 15 is 0 Å². The Kier molecular flexibility index (Phi) is 3.73. The van der Waals surface area contributed by atoms with Crippen molar-refractivity contribution in [2.75, 3.05) is 13.7 Å². The van der Waals surface area contributed by atoms with Crippen LogP contribution < -0.4 is 10.1 Å². The molecule has 0 amide bonds. The van der Waals surface area contributed by atoms with Gasteiger partial charge in [-0.3, -0.25) is 0 Å². The van der Waals surface area contributed by atoms with Gasteiger partial charge in [0, 0.05) is 17.0 Å². The highest BCUT2D eigenvalue weighted by Crippen LogP contribution is 2.39. The van der Waals surface area contributed by atoms with Gasteiger partial charge >= 0.3 is 0 Å². The molecule has 21 heavy (non-hydrogen) atoms. The molecule has 0 aromatic heterocycles. The summed E-state index contributed by atoms with van der Waals surface area (Å²) in [5.41, 5.74) is 4.12. The lowest BCUT2D eigenvalue weighted by molar-refractivity contribution is 0.291. The SMILES string of the molecule is CNC(Cc1ccccc1)c1ccc2c(c1)C(C)(C)CO2. The summed E-state index contributed by atoms with van der Waals surface area (Å²) in [6.07, 6.45) is 0.997. The Bertz CT molecular complexity index is 619. The van der Waals surface area contributed by atoms with Crippen LogP contribution in [0, 0.1) is 0 Å². The lowest BCUT2D eigenvalue weighted by Crippen LogP contribution is -2.21. The fourth-order valence-electron chi connectivity index (χ4n) is 2.99. The van der Waals surface area contributed by atoms with E-state index in [0.29, 0.717) is 6.04 Å². The second kappa shape index (κ2) is 5.53. The molecule has 0 bridgehead atoms. The van der Waals surface area contributed by atoms with Crippen molar-refractivity contribution in [3.63, 3.8) is 0 Å². The molecule has 0 fully saturated rings. The van der Waals surface area contributed by atoms with E-state index in [1.54, 1.807) is 0 Å². The van der Waals surface area contributed by atoms with Crippen molar-refractivity contribution in [2.24, 2.45) is 0 Å². The lowest BCUT2D eigenvalue weighted by Gasteiger charge is -2.20. The highest BCUT2D eigenvalue weighted by molar-refractivity contribution is 5.46. The fourth-order valence-corrected chi connectivity index (χ4v) is 2.99. The molecular weight excluding hydrogens is 258 g/mol. The van der Waals surface area contributed by atoms with E-state index in [4.69, 9.17) is 4.74 Å². The van der Waals surface area contributed by atoms with E-state index in [9.17, 15) is 0 Å². The molecule has 1 aliphatic rings. The van der Waals surface area contributed by atoms with Gasteiger partial charge in [-0.1, -0.05) is 50.2 Å². The van der Waals surface area contributed by atoms with Crippen molar-refractivity contribution >= 4 is 0 Å². The minimum absolute atomic E-state index is 0.108. The quantitative estimate of drug-likeness (QED) is 0.919. The summed E-state index contributed by atoms with van der Waals surface area (Å²) in [6.45, 7) is 5.26. The highest BCUT2D eigenvalue weighted by atomic mass is 16.5. The van der Waals surface area contributed by atoms with Gasteiger partial charge in [0.05, 0.1) is 6.61 Å². The molecule has 2 nitrogen and oxygen atoms in total. The van der Waals surface area contributed by atoms with Crippen molar-refractivity contribution in [2.45, 2.75) is 31.7 Å². The third-order valence-corrected chi connectivity index (χ3v) is 4.35. The Hall–Kier alpha value is -1.80. The van der Waals surface area contributed by atoms with Gasteiger partial charge < -0.3 is 10.1 Å². The monoisotopic (exact) mass is 281 g/mol. The minimum Gasteiger partial charge on any atom is -0.492 e. The molecule has 3 rings (SSSR count). The standard InChI is InChI=1S/C19H23NO/c1-19(2)13-21-18-10-9-15(12-16(18)19)17(20-3)11-14-7-5-4-6-8-14/h4-10,12,17,20H,11,13H2,1-3H3.